The Morgan fingerprint density at radius 2 is 1.61 bits per heavy atom. The van der Waals surface area contributed by atoms with Gasteiger partial charge in [0.15, 0.2) is 11.5 Å². The summed E-state index contributed by atoms with van der Waals surface area (Å²) in [5.74, 6) is 1.44. The van der Waals surface area contributed by atoms with Gasteiger partial charge in [0.2, 0.25) is 0 Å². The minimum absolute atomic E-state index is 0.571. The molecule has 0 saturated carbocycles. The first-order valence-electron chi connectivity index (χ1n) is 13.5. The number of thiophene rings is 1. The molecule has 1 unspecified atom stereocenters. The maximum Gasteiger partial charge on any atom is 0.168 e. The van der Waals surface area contributed by atoms with Gasteiger partial charge in [-0.1, -0.05) is 75.4 Å². The average Bonchev–Trinajstić information content (AvgIpc) is 3.58. The highest BCUT2D eigenvalue weighted by Crippen LogP contribution is 2.42. The lowest BCUT2D eigenvalue weighted by atomic mass is 9.95. The largest absolute Gasteiger partial charge is 0.282 e. The molecule has 0 aliphatic carbocycles. The van der Waals surface area contributed by atoms with Crippen molar-refractivity contribution in [1.82, 2.24) is 14.6 Å². The van der Waals surface area contributed by atoms with Gasteiger partial charge in [-0.05, 0) is 76.7 Å². The van der Waals surface area contributed by atoms with Crippen molar-refractivity contribution < 1.29 is 0 Å². The first-order chi connectivity index (χ1) is 18.6. The van der Waals surface area contributed by atoms with Crippen molar-refractivity contribution in [2.45, 2.75) is 39.5 Å². The molecule has 4 heteroatoms. The molecule has 7 aromatic rings. The Balaban J connectivity index is 1.35. The predicted molar refractivity (Wildman–Crippen MR) is 162 cm³/mol. The van der Waals surface area contributed by atoms with Crippen LogP contribution in [-0.2, 0) is 6.42 Å². The molecule has 3 nitrogen and oxygen atoms in total. The number of fused-ring (bicyclic) bond motifs is 6. The molecule has 186 valence electrons. The minimum atomic E-state index is 0.571. The topological polar surface area (TPSA) is 30.2 Å². The summed E-state index contributed by atoms with van der Waals surface area (Å²) in [5.41, 5.74) is 7.31. The number of hydrogen-bond donors (Lipinski definition) is 0. The quantitative estimate of drug-likeness (QED) is 0.230. The summed E-state index contributed by atoms with van der Waals surface area (Å²) in [6.45, 7) is 6.83. The standard InChI is InChI=1S/C34H29N3S/c1-4-21(3)26-14-15-31-29(20-26)30-19-22(5-2)18-28(32(30)38-31)24-10-12-25(13-11-24)33-35-36-34-27-9-7-6-8-23(27)16-17-37(33)34/h6-21H,4-5H2,1-3H3. The molecular formula is C34H29N3S. The molecule has 0 aliphatic rings. The van der Waals surface area contributed by atoms with Crippen LogP contribution in [0.2, 0.25) is 0 Å². The highest BCUT2D eigenvalue weighted by molar-refractivity contribution is 7.26. The van der Waals surface area contributed by atoms with Gasteiger partial charge < -0.3 is 0 Å². The van der Waals surface area contributed by atoms with Crippen LogP contribution in [0.3, 0.4) is 0 Å². The van der Waals surface area contributed by atoms with Crippen molar-refractivity contribution in [3.8, 4) is 22.5 Å². The fourth-order valence-electron chi connectivity index (χ4n) is 5.53. The molecule has 0 N–H and O–H groups in total. The second-order valence-electron chi connectivity index (χ2n) is 10.2. The molecule has 38 heavy (non-hydrogen) atoms. The fourth-order valence-corrected chi connectivity index (χ4v) is 6.73. The van der Waals surface area contributed by atoms with Gasteiger partial charge >= 0.3 is 0 Å². The van der Waals surface area contributed by atoms with Crippen LogP contribution in [0.25, 0.3) is 59.1 Å². The summed E-state index contributed by atoms with van der Waals surface area (Å²) in [4.78, 5) is 0. The molecule has 0 fully saturated rings. The number of rotatable bonds is 5. The van der Waals surface area contributed by atoms with Gasteiger partial charge in [-0.3, -0.25) is 4.40 Å². The monoisotopic (exact) mass is 511 g/mol. The lowest BCUT2D eigenvalue weighted by Crippen LogP contribution is -1.91. The van der Waals surface area contributed by atoms with Crippen LogP contribution in [0.15, 0.2) is 91.1 Å². The second-order valence-corrected chi connectivity index (χ2v) is 11.3. The first-order valence-corrected chi connectivity index (χ1v) is 14.3. The van der Waals surface area contributed by atoms with E-state index in [1.807, 2.05) is 11.3 Å². The van der Waals surface area contributed by atoms with Gasteiger partial charge in [0.1, 0.15) is 0 Å². The highest BCUT2D eigenvalue weighted by atomic mass is 32.1. The zero-order valence-corrected chi connectivity index (χ0v) is 22.7. The molecule has 4 aromatic carbocycles. The summed E-state index contributed by atoms with van der Waals surface area (Å²) in [6.07, 6.45) is 4.24. The van der Waals surface area contributed by atoms with Gasteiger partial charge in [-0.15, -0.1) is 21.5 Å². The number of pyridine rings is 1. The van der Waals surface area contributed by atoms with Crippen LogP contribution in [0.1, 0.15) is 44.2 Å². The van der Waals surface area contributed by atoms with E-state index in [4.69, 9.17) is 0 Å². The van der Waals surface area contributed by atoms with Crippen LogP contribution in [0.4, 0.5) is 0 Å². The second kappa shape index (κ2) is 9.07. The van der Waals surface area contributed by atoms with Crippen molar-refractivity contribution in [3.05, 3.63) is 102 Å². The Hall–Kier alpha value is -4.02. The number of aromatic nitrogens is 3. The van der Waals surface area contributed by atoms with Crippen LogP contribution in [0.5, 0.6) is 0 Å². The van der Waals surface area contributed by atoms with E-state index in [-0.39, 0.29) is 0 Å². The molecular weight excluding hydrogens is 482 g/mol. The van der Waals surface area contributed by atoms with Crippen molar-refractivity contribution >= 4 is 47.9 Å². The molecule has 0 spiro atoms. The van der Waals surface area contributed by atoms with Crippen LogP contribution < -0.4 is 0 Å². The van der Waals surface area contributed by atoms with Gasteiger partial charge in [-0.2, -0.15) is 0 Å². The van der Waals surface area contributed by atoms with E-state index in [1.165, 1.54) is 47.8 Å². The van der Waals surface area contributed by atoms with Crippen molar-refractivity contribution in [3.63, 3.8) is 0 Å². The maximum atomic E-state index is 4.57. The van der Waals surface area contributed by atoms with Gasteiger partial charge in [0.25, 0.3) is 0 Å². The molecule has 0 saturated heterocycles. The normalized spacial score (nSPS) is 12.7. The fraction of sp³-hybridized carbons (Fsp3) is 0.176. The molecule has 3 heterocycles. The highest BCUT2D eigenvalue weighted by Gasteiger charge is 2.15. The van der Waals surface area contributed by atoms with Crippen LogP contribution in [0, 0.1) is 0 Å². The lowest BCUT2D eigenvalue weighted by Gasteiger charge is -2.10. The Labute approximate surface area is 226 Å². The first kappa shape index (κ1) is 23.1. The molecule has 0 aliphatic heterocycles. The summed E-state index contributed by atoms with van der Waals surface area (Å²) < 4.78 is 4.82. The molecule has 7 rings (SSSR count). The smallest absolute Gasteiger partial charge is 0.168 e. The third-order valence-electron chi connectivity index (χ3n) is 8.00. The molecule has 3 aromatic heterocycles. The lowest BCUT2D eigenvalue weighted by molar-refractivity contribution is 0.735. The van der Waals surface area contributed by atoms with E-state index in [1.54, 1.807) is 0 Å². The van der Waals surface area contributed by atoms with E-state index in [0.29, 0.717) is 5.92 Å². The van der Waals surface area contributed by atoms with Crippen LogP contribution >= 0.6 is 11.3 Å². The summed E-state index contributed by atoms with van der Waals surface area (Å²) in [6, 6.07) is 31.1. The molecule has 0 bridgehead atoms. The van der Waals surface area contributed by atoms with E-state index in [9.17, 15) is 0 Å². The van der Waals surface area contributed by atoms with Crippen LogP contribution in [-0.4, -0.2) is 14.6 Å². The van der Waals surface area contributed by atoms with Crippen molar-refractivity contribution in [2.24, 2.45) is 0 Å². The molecule has 0 radical (unpaired) electrons. The minimum Gasteiger partial charge on any atom is -0.282 e. The Morgan fingerprint density at radius 3 is 2.42 bits per heavy atom. The number of aryl methyl sites for hydroxylation is 1. The number of hydrogen-bond acceptors (Lipinski definition) is 3. The van der Waals surface area contributed by atoms with E-state index in [0.717, 1.165) is 35.3 Å². The summed E-state index contributed by atoms with van der Waals surface area (Å²) in [5, 5.41) is 14.2. The Morgan fingerprint density at radius 1 is 0.789 bits per heavy atom. The van der Waals surface area contributed by atoms with Crippen molar-refractivity contribution in [2.75, 3.05) is 0 Å². The molecule has 0 amide bonds. The number of nitrogens with zero attached hydrogens (tertiary/aromatic N) is 3. The SMILES string of the molecule is CCc1cc(-c2ccc(-c3nnc4c5ccccc5ccn34)cc2)c2sc3ccc(C(C)CC)cc3c2c1. The van der Waals surface area contributed by atoms with Gasteiger partial charge in [0, 0.05) is 37.3 Å². The Bertz CT molecular complexity index is 1960. The zero-order chi connectivity index (χ0) is 25.8. The summed E-state index contributed by atoms with van der Waals surface area (Å²) in [7, 11) is 0. The van der Waals surface area contributed by atoms with E-state index >= 15 is 0 Å². The third kappa shape index (κ3) is 3.63. The number of benzene rings is 4. The van der Waals surface area contributed by atoms with E-state index < -0.39 is 0 Å². The zero-order valence-electron chi connectivity index (χ0n) is 21.9. The Kier molecular flexibility index (Phi) is 5.52. The van der Waals surface area contributed by atoms with Gasteiger partial charge in [-0.25, -0.2) is 0 Å². The third-order valence-corrected chi connectivity index (χ3v) is 9.22. The maximum absolute atomic E-state index is 4.57. The van der Waals surface area contributed by atoms with E-state index in [2.05, 4.69) is 126 Å². The van der Waals surface area contributed by atoms with Gasteiger partial charge in [0.05, 0.1) is 0 Å². The summed E-state index contributed by atoms with van der Waals surface area (Å²) >= 11 is 1.91. The van der Waals surface area contributed by atoms with Crippen molar-refractivity contribution in [1.29, 1.82) is 0 Å². The average molecular weight is 512 g/mol. The molecule has 1 atom stereocenters. The predicted octanol–water partition coefficient (Wildman–Crippen LogP) is 9.66.